The Kier molecular flexibility index (Phi) is 8.18. The van der Waals surface area contributed by atoms with E-state index in [1.807, 2.05) is 6.92 Å². The van der Waals surface area contributed by atoms with Gasteiger partial charge < -0.3 is 10.1 Å². The summed E-state index contributed by atoms with van der Waals surface area (Å²) >= 11 is 8.44. The van der Waals surface area contributed by atoms with Crippen LogP contribution < -0.4 is 26.2 Å². The molecule has 0 radical (unpaired) electrons. The molecule has 0 unspecified atom stereocenters. The average molecular weight is 519 g/mol. The molecule has 8 nitrogen and oxygen atoms in total. The van der Waals surface area contributed by atoms with Crippen LogP contribution in [0.5, 0.6) is 5.75 Å². The second kappa shape index (κ2) is 11.1. The molecule has 1 fully saturated rings. The molecule has 0 bridgehead atoms. The van der Waals surface area contributed by atoms with Crippen LogP contribution in [-0.4, -0.2) is 29.4 Å². The minimum Gasteiger partial charge on any atom is -0.493 e. The number of halogens is 1. The van der Waals surface area contributed by atoms with Crippen molar-refractivity contribution < 1.29 is 19.1 Å². The molecule has 2 aromatic carbocycles. The number of amides is 3. The molecule has 3 amide bonds. The van der Waals surface area contributed by atoms with Gasteiger partial charge in [-0.15, -0.1) is 0 Å². The second-order valence-electron chi connectivity index (χ2n) is 7.19. The standard InChI is InChI=1S/C22H23BrN4O4S/c1-2-11-31-18-10-7-15(23)12-17(18)21(30)25-22(32)27-26-20(29)14-5-8-16(9-6-14)24-19(28)13-3-4-13/h5-10,12-13H,2-4,11H2,1H3,(H,24,28)(H,26,29)(H2,25,27,30,32). The molecular weight excluding hydrogens is 496 g/mol. The van der Waals surface area contributed by atoms with E-state index in [1.165, 1.54) is 0 Å². The minimum atomic E-state index is -0.472. The molecule has 0 aromatic heterocycles. The predicted octanol–water partition coefficient (Wildman–Crippen LogP) is 3.54. The number of benzene rings is 2. The van der Waals surface area contributed by atoms with Gasteiger partial charge >= 0.3 is 0 Å². The van der Waals surface area contributed by atoms with Crippen LogP contribution in [0.15, 0.2) is 46.9 Å². The Labute approximate surface area is 199 Å². The molecule has 10 heteroatoms. The monoisotopic (exact) mass is 518 g/mol. The lowest BCUT2D eigenvalue weighted by Gasteiger charge is -2.14. The van der Waals surface area contributed by atoms with Gasteiger partial charge in [0, 0.05) is 21.6 Å². The third-order valence-corrected chi connectivity index (χ3v) is 5.22. The summed E-state index contributed by atoms with van der Waals surface area (Å²) in [5.74, 6) is -0.382. The fraction of sp³-hybridized carbons (Fsp3) is 0.273. The third-order valence-electron chi connectivity index (χ3n) is 4.53. The van der Waals surface area contributed by atoms with Crippen molar-refractivity contribution in [1.82, 2.24) is 16.2 Å². The van der Waals surface area contributed by atoms with Crippen LogP contribution in [0.25, 0.3) is 0 Å². The molecule has 0 aliphatic heterocycles. The van der Waals surface area contributed by atoms with Crippen molar-refractivity contribution in [1.29, 1.82) is 0 Å². The highest BCUT2D eigenvalue weighted by Gasteiger charge is 2.29. The smallest absolute Gasteiger partial charge is 0.269 e. The normalized spacial score (nSPS) is 12.4. The fourth-order valence-corrected chi connectivity index (χ4v) is 3.20. The van der Waals surface area contributed by atoms with Gasteiger partial charge in [-0.05, 0) is 73.9 Å². The first-order valence-electron chi connectivity index (χ1n) is 10.1. The van der Waals surface area contributed by atoms with Crippen molar-refractivity contribution in [3.05, 3.63) is 58.1 Å². The number of thiocarbonyl (C=S) groups is 1. The molecule has 2 aromatic rings. The van der Waals surface area contributed by atoms with Gasteiger partial charge in [0.2, 0.25) is 5.91 Å². The molecule has 1 aliphatic carbocycles. The molecule has 168 valence electrons. The number of rotatable bonds is 7. The maximum absolute atomic E-state index is 12.6. The Morgan fingerprint density at radius 2 is 1.78 bits per heavy atom. The molecule has 4 N–H and O–H groups in total. The SMILES string of the molecule is CCCOc1ccc(Br)cc1C(=O)NC(=S)NNC(=O)c1ccc(NC(=O)C2CC2)cc1. The lowest BCUT2D eigenvalue weighted by molar-refractivity contribution is -0.117. The summed E-state index contributed by atoms with van der Waals surface area (Å²) < 4.78 is 6.33. The van der Waals surface area contributed by atoms with Gasteiger partial charge in [-0.25, -0.2) is 0 Å². The lowest BCUT2D eigenvalue weighted by atomic mass is 10.2. The second-order valence-corrected chi connectivity index (χ2v) is 8.52. The highest BCUT2D eigenvalue weighted by molar-refractivity contribution is 9.10. The lowest BCUT2D eigenvalue weighted by Crippen LogP contribution is -2.48. The van der Waals surface area contributed by atoms with Crippen LogP contribution in [0.1, 0.15) is 46.9 Å². The van der Waals surface area contributed by atoms with Crippen LogP contribution in [0.2, 0.25) is 0 Å². The predicted molar refractivity (Wildman–Crippen MR) is 128 cm³/mol. The van der Waals surface area contributed by atoms with E-state index in [1.54, 1.807) is 42.5 Å². The highest BCUT2D eigenvalue weighted by Crippen LogP contribution is 2.30. The Hall–Kier alpha value is -2.98. The zero-order valence-corrected chi connectivity index (χ0v) is 19.8. The van der Waals surface area contributed by atoms with E-state index in [0.717, 1.165) is 23.7 Å². The Morgan fingerprint density at radius 1 is 1.06 bits per heavy atom. The van der Waals surface area contributed by atoms with Crippen molar-refractivity contribution in [2.24, 2.45) is 5.92 Å². The maximum atomic E-state index is 12.6. The number of carbonyl (C=O) groups is 3. The van der Waals surface area contributed by atoms with Crippen molar-refractivity contribution in [2.45, 2.75) is 26.2 Å². The van der Waals surface area contributed by atoms with E-state index in [9.17, 15) is 14.4 Å². The average Bonchev–Trinajstić information content (AvgIpc) is 3.62. The molecule has 32 heavy (non-hydrogen) atoms. The van der Waals surface area contributed by atoms with Crippen LogP contribution in [-0.2, 0) is 4.79 Å². The van der Waals surface area contributed by atoms with Crippen molar-refractivity contribution in [3.8, 4) is 5.75 Å². The zero-order chi connectivity index (χ0) is 23.1. The molecular formula is C22H23BrN4O4S. The highest BCUT2D eigenvalue weighted by atomic mass is 79.9. The van der Waals surface area contributed by atoms with E-state index in [-0.39, 0.29) is 16.9 Å². The summed E-state index contributed by atoms with van der Waals surface area (Å²) in [7, 11) is 0. The number of carbonyl (C=O) groups excluding carboxylic acids is 3. The van der Waals surface area contributed by atoms with Crippen LogP contribution in [0.4, 0.5) is 5.69 Å². The molecule has 0 spiro atoms. The van der Waals surface area contributed by atoms with Crippen molar-refractivity contribution >= 4 is 56.7 Å². The molecule has 1 saturated carbocycles. The van der Waals surface area contributed by atoms with Gasteiger partial charge in [0.25, 0.3) is 11.8 Å². The summed E-state index contributed by atoms with van der Waals surface area (Å²) in [5.41, 5.74) is 6.24. The summed E-state index contributed by atoms with van der Waals surface area (Å²) in [6, 6.07) is 11.6. The molecule has 3 rings (SSSR count). The van der Waals surface area contributed by atoms with E-state index in [4.69, 9.17) is 17.0 Å². The van der Waals surface area contributed by atoms with E-state index in [2.05, 4.69) is 37.4 Å². The number of ether oxygens (including phenoxy) is 1. The van der Waals surface area contributed by atoms with E-state index < -0.39 is 11.8 Å². The van der Waals surface area contributed by atoms with E-state index >= 15 is 0 Å². The fourth-order valence-electron chi connectivity index (χ4n) is 2.70. The van der Waals surface area contributed by atoms with Crippen molar-refractivity contribution in [2.75, 3.05) is 11.9 Å². The van der Waals surface area contributed by atoms with Gasteiger partial charge in [0.05, 0.1) is 12.2 Å². The molecule has 0 saturated heterocycles. The summed E-state index contributed by atoms with van der Waals surface area (Å²) in [6.07, 6.45) is 2.64. The van der Waals surface area contributed by atoms with Crippen LogP contribution >= 0.6 is 28.1 Å². The largest absolute Gasteiger partial charge is 0.493 e. The minimum absolute atomic E-state index is 0.00124. The number of anilines is 1. The van der Waals surface area contributed by atoms with Gasteiger partial charge in [-0.3, -0.25) is 30.6 Å². The number of hydrazine groups is 1. The third kappa shape index (κ3) is 6.76. The van der Waals surface area contributed by atoms with Crippen LogP contribution in [0, 0.1) is 5.92 Å². The Bertz CT molecular complexity index is 1030. The first-order valence-corrected chi connectivity index (χ1v) is 11.3. The topological polar surface area (TPSA) is 109 Å². The number of nitrogens with one attached hydrogen (secondary N) is 4. The molecule has 1 aliphatic rings. The van der Waals surface area contributed by atoms with Gasteiger partial charge in [-0.1, -0.05) is 22.9 Å². The summed E-state index contributed by atoms with van der Waals surface area (Å²) in [6.45, 7) is 2.45. The first-order chi connectivity index (χ1) is 15.4. The summed E-state index contributed by atoms with van der Waals surface area (Å²) in [5, 5.41) is 5.25. The van der Waals surface area contributed by atoms with Gasteiger partial charge in [0.1, 0.15) is 5.75 Å². The Morgan fingerprint density at radius 3 is 2.44 bits per heavy atom. The van der Waals surface area contributed by atoms with Gasteiger partial charge in [-0.2, -0.15) is 0 Å². The first kappa shape index (κ1) is 23.7. The quantitative estimate of drug-likeness (QED) is 0.329. The molecule has 0 heterocycles. The zero-order valence-electron chi connectivity index (χ0n) is 17.4. The van der Waals surface area contributed by atoms with Gasteiger partial charge in [0.15, 0.2) is 5.11 Å². The summed E-state index contributed by atoms with van der Waals surface area (Å²) in [4.78, 5) is 36.7. The van der Waals surface area contributed by atoms with Crippen molar-refractivity contribution in [3.63, 3.8) is 0 Å². The van der Waals surface area contributed by atoms with E-state index in [0.29, 0.717) is 29.2 Å². The Balaban J connectivity index is 1.51. The maximum Gasteiger partial charge on any atom is 0.269 e. The number of hydrogen-bond donors (Lipinski definition) is 4. The molecule has 0 atom stereocenters. The van der Waals surface area contributed by atoms with Crippen LogP contribution in [0.3, 0.4) is 0 Å². The number of hydrogen-bond acceptors (Lipinski definition) is 5.